The van der Waals surface area contributed by atoms with E-state index in [4.69, 9.17) is 30.5 Å². The van der Waals surface area contributed by atoms with Crippen LogP contribution in [-0.2, 0) is 36.8 Å². The molecule has 0 radical (unpaired) electrons. The van der Waals surface area contributed by atoms with Gasteiger partial charge in [0.15, 0.2) is 10.8 Å². The highest BCUT2D eigenvalue weighted by atomic mass is 35.5. The molecule has 17 heteroatoms. The Bertz CT molecular complexity index is 1600. The van der Waals surface area contributed by atoms with E-state index in [9.17, 15) is 19.7 Å². The summed E-state index contributed by atoms with van der Waals surface area (Å²) < 4.78 is 22.0. The van der Waals surface area contributed by atoms with Crippen LogP contribution in [0.3, 0.4) is 0 Å². The molecule has 0 aliphatic rings. The van der Waals surface area contributed by atoms with Gasteiger partial charge in [-0.25, -0.2) is 14.6 Å². The molecule has 4 aromatic rings. The maximum atomic E-state index is 13.3. The zero-order valence-corrected chi connectivity index (χ0v) is 25.8. The van der Waals surface area contributed by atoms with E-state index in [2.05, 4.69) is 30.4 Å². The van der Waals surface area contributed by atoms with Crippen molar-refractivity contribution in [1.29, 1.82) is 0 Å². The molecular weight excluding hydrogens is 626 g/mol. The van der Waals surface area contributed by atoms with Gasteiger partial charge in [-0.3, -0.25) is 0 Å². The number of rotatable bonds is 17. The van der Waals surface area contributed by atoms with Gasteiger partial charge in [0.25, 0.3) is 5.09 Å². The second-order valence-corrected chi connectivity index (χ2v) is 10.1. The zero-order valence-electron chi connectivity index (χ0n) is 25.1. The lowest BCUT2D eigenvalue weighted by molar-refractivity contribution is -0.758. The average molecular weight is 658 g/mol. The van der Waals surface area contributed by atoms with Crippen molar-refractivity contribution in [3.63, 3.8) is 0 Å². The summed E-state index contributed by atoms with van der Waals surface area (Å²) in [4.78, 5) is 43.9. The predicted molar refractivity (Wildman–Crippen MR) is 161 cm³/mol. The molecule has 1 unspecified atom stereocenters. The van der Waals surface area contributed by atoms with Crippen LogP contribution in [0.4, 0.5) is 4.79 Å². The number of aromatic amines is 1. The number of carbonyl (C=O) groups excluding carboxylic acids is 2. The van der Waals surface area contributed by atoms with Gasteiger partial charge in [-0.2, -0.15) is 5.21 Å². The summed E-state index contributed by atoms with van der Waals surface area (Å²) in [6.07, 6.45) is -0.103. The van der Waals surface area contributed by atoms with Gasteiger partial charge in [0, 0.05) is 25.5 Å². The first-order valence-corrected chi connectivity index (χ1v) is 14.7. The number of tetrazole rings is 1. The van der Waals surface area contributed by atoms with Crippen molar-refractivity contribution in [3.8, 4) is 22.5 Å². The lowest BCUT2D eigenvalue weighted by Crippen LogP contribution is -2.25. The molecule has 0 aliphatic carbocycles. The molecule has 0 fully saturated rings. The summed E-state index contributed by atoms with van der Waals surface area (Å²) in [5.74, 6) is 0.261. The van der Waals surface area contributed by atoms with Gasteiger partial charge in [-0.15, -0.1) is 20.3 Å². The second kappa shape index (κ2) is 16.8. The molecule has 2 heterocycles. The highest BCUT2D eigenvalue weighted by Crippen LogP contribution is 2.30. The van der Waals surface area contributed by atoms with E-state index in [-0.39, 0.29) is 43.8 Å². The monoisotopic (exact) mass is 657 g/mol. The van der Waals surface area contributed by atoms with Gasteiger partial charge in [0.2, 0.25) is 12.1 Å². The van der Waals surface area contributed by atoms with Crippen LogP contribution in [0.1, 0.15) is 48.6 Å². The Morgan fingerprint density at radius 2 is 1.78 bits per heavy atom. The Labute approximate surface area is 268 Å². The van der Waals surface area contributed by atoms with Crippen LogP contribution in [0.25, 0.3) is 22.5 Å². The van der Waals surface area contributed by atoms with Gasteiger partial charge in [-0.1, -0.05) is 73.5 Å². The van der Waals surface area contributed by atoms with Crippen molar-refractivity contribution in [2.24, 2.45) is 0 Å². The van der Waals surface area contributed by atoms with E-state index in [0.29, 0.717) is 18.1 Å². The molecule has 2 aromatic heterocycles. The first kappa shape index (κ1) is 33.8. The second-order valence-electron chi connectivity index (χ2n) is 9.69. The van der Waals surface area contributed by atoms with Gasteiger partial charge >= 0.3 is 12.1 Å². The van der Waals surface area contributed by atoms with Crippen LogP contribution in [0.2, 0.25) is 5.15 Å². The standard InChI is InChI=1S/C29H32ClN7O9/c1-3-4-9-24-31-26(30)25(28(38)45-19(2)46-29(39)43-16-14-42-15-17-44-37(40)41)36(24)18-20-10-12-21(13-11-20)22-7-5-6-8-23(22)27-32-34-35-33-27/h5-8,10-13,19H,3-4,9,14-18H2,1-2H3,(H,32,33,34,35). The summed E-state index contributed by atoms with van der Waals surface area (Å²) in [7, 11) is 0. The van der Waals surface area contributed by atoms with Gasteiger partial charge in [0.05, 0.1) is 13.2 Å². The lowest BCUT2D eigenvalue weighted by Gasteiger charge is -2.16. The molecule has 0 saturated carbocycles. The van der Waals surface area contributed by atoms with Crippen molar-refractivity contribution in [2.75, 3.05) is 26.4 Å². The van der Waals surface area contributed by atoms with Crippen LogP contribution in [0.15, 0.2) is 48.5 Å². The van der Waals surface area contributed by atoms with Crippen molar-refractivity contribution >= 4 is 23.7 Å². The van der Waals surface area contributed by atoms with Gasteiger partial charge in [-0.05, 0) is 28.3 Å². The molecule has 46 heavy (non-hydrogen) atoms. The summed E-state index contributed by atoms with van der Waals surface area (Å²) in [6, 6.07) is 15.5. The number of hydrogen-bond donors (Lipinski definition) is 1. The third-order valence-corrected chi connectivity index (χ3v) is 6.74. The normalized spacial score (nSPS) is 11.5. The molecule has 244 valence electrons. The third-order valence-electron chi connectivity index (χ3n) is 6.48. The Kier molecular flexibility index (Phi) is 12.4. The van der Waals surface area contributed by atoms with E-state index in [1.807, 2.05) is 55.5 Å². The molecule has 0 bridgehead atoms. The maximum Gasteiger partial charge on any atom is 0.511 e. The molecule has 1 atom stereocenters. The lowest BCUT2D eigenvalue weighted by atomic mass is 9.98. The number of halogens is 1. The Hall–Kier alpha value is -5.09. The number of carbonyl (C=O) groups is 2. The minimum absolute atomic E-state index is 0.0217. The Morgan fingerprint density at radius 3 is 2.48 bits per heavy atom. The molecule has 1 N–H and O–H groups in total. The van der Waals surface area contributed by atoms with Crippen molar-refractivity contribution in [1.82, 2.24) is 30.2 Å². The van der Waals surface area contributed by atoms with E-state index < -0.39 is 23.5 Å². The third kappa shape index (κ3) is 9.45. The summed E-state index contributed by atoms with van der Waals surface area (Å²) in [6.45, 7) is 3.10. The number of nitrogens with zero attached hydrogens (tertiary/aromatic N) is 6. The first-order chi connectivity index (χ1) is 22.3. The van der Waals surface area contributed by atoms with Gasteiger partial charge in [0.1, 0.15) is 19.0 Å². The molecule has 0 aliphatic heterocycles. The molecule has 2 aromatic carbocycles. The number of benzene rings is 2. The largest absolute Gasteiger partial charge is 0.511 e. The SMILES string of the molecule is CCCCc1nc(Cl)c(C(=O)OC(C)OC(=O)OCCOCCO[N+](=O)[O-])n1Cc1ccc(-c2ccccc2-c2nn[nH]n2)cc1. The fraction of sp³-hybridized carbons (Fsp3) is 0.379. The Morgan fingerprint density at radius 1 is 1.04 bits per heavy atom. The number of H-pyrrole nitrogens is 1. The minimum Gasteiger partial charge on any atom is -0.432 e. The number of esters is 1. The van der Waals surface area contributed by atoms with Crippen molar-refractivity contribution < 1.29 is 38.5 Å². The average Bonchev–Trinajstić information content (AvgIpc) is 3.68. The van der Waals surface area contributed by atoms with Crippen LogP contribution in [-0.4, -0.2) is 80.1 Å². The fourth-order valence-corrected chi connectivity index (χ4v) is 4.67. The van der Waals surface area contributed by atoms with Crippen LogP contribution in [0.5, 0.6) is 0 Å². The summed E-state index contributed by atoms with van der Waals surface area (Å²) in [5.41, 5.74) is 3.59. The van der Waals surface area contributed by atoms with E-state index >= 15 is 0 Å². The topological polar surface area (TPSA) is 196 Å². The van der Waals surface area contributed by atoms with Crippen molar-refractivity contribution in [2.45, 2.75) is 45.9 Å². The fourth-order valence-electron chi connectivity index (χ4n) is 4.39. The maximum absolute atomic E-state index is 13.3. The highest BCUT2D eigenvalue weighted by Gasteiger charge is 2.26. The molecule has 0 spiro atoms. The number of hydrogen-bond acceptors (Lipinski definition) is 13. The number of nitrogens with one attached hydrogen (secondary N) is 1. The van der Waals surface area contributed by atoms with Crippen molar-refractivity contribution in [3.05, 3.63) is 80.9 Å². The quantitative estimate of drug-likeness (QED) is 0.0542. The minimum atomic E-state index is -1.31. The van der Waals surface area contributed by atoms with Crippen LogP contribution >= 0.6 is 11.6 Å². The summed E-state index contributed by atoms with van der Waals surface area (Å²) in [5, 5.41) is 23.5. The molecule has 4 rings (SSSR count). The Balaban J connectivity index is 1.41. The first-order valence-electron chi connectivity index (χ1n) is 14.3. The zero-order chi connectivity index (χ0) is 32.9. The van der Waals surface area contributed by atoms with E-state index in [1.165, 1.54) is 6.92 Å². The van der Waals surface area contributed by atoms with E-state index in [1.54, 1.807) is 4.57 Å². The van der Waals surface area contributed by atoms with Crippen LogP contribution in [0, 0.1) is 10.1 Å². The summed E-state index contributed by atoms with van der Waals surface area (Å²) >= 11 is 6.44. The number of aromatic nitrogens is 6. The predicted octanol–water partition coefficient (Wildman–Crippen LogP) is 4.66. The smallest absolute Gasteiger partial charge is 0.432 e. The molecule has 0 saturated heterocycles. The number of imidazole rings is 1. The molecule has 0 amide bonds. The molecule has 16 nitrogen and oxygen atoms in total. The molecular formula is C29H32ClN7O9. The number of ether oxygens (including phenoxy) is 4. The van der Waals surface area contributed by atoms with E-state index in [0.717, 1.165) is 35.1 Å². The van der Waals surface area contributed by atoms with Gasteiger partial charge < -0.3 is 28.4 Å². The number of aryl methyl sites for hydroxylation is 1. The van der Waals surface area contributed by atoms with Crippen LogP contribution < -0.4 is 0 Å². The highest BCUT2D eigenvalue weighted by molar-refractivity contribution is 6.32. The number of unbranched alkanes of at least 4 members (excludes halogenated alkanes) is 1.